The summed E-state index contributed by atoms with van der Waals surface area (Å²) in [6.45, 7) is 2.02. The molecule has 0 fully saturated rings. The van der Waals surface area contributed by atoms with Gasteiger partial charge in [-0.1, -0.05) is 0 Å². The molecule has 0 saturated heterocycles. The van der Waals surface area contributed by atoms with Crippen LogP contribution in [0.3, 0.4) is 0 Å². The van der Waals surface area contributed by atoms with E-state index in [1.807, 2.05) is 19.1 Å². The first kappa shape index (κ1) is 12.6. The number of nitrogens with zero attached hydrogens (tertiary/aromatic N) is 1. The van der Waals surface area contributed by atoms with Crippen molar-refractivity contribution in [3.8, 4) is 0 Å². The minimum absolute atomic E-state index is 0.105. The number of ether oxygens (including phenoxy) is 1. The van der Waals surface area contributed by atoms with Gasteiger partial charge in [0.05, 0.1) is 6.10 Å². The van der Waals surface area contributed by atoms with E-state index in [1.165, 1.54) is 0 Å². The maximum atomic E-state index is 5.99. The highest BCUT2D eigenvalue weighted by Crippen LogP contribution is 2.10. The molecule has 0 aromatic carbocycles. The first-order valence-corrected chi connectivity index (χ1v) is 5.80. The van der Waals surface area contributed by atoms with E-state index in [9.17, 15) is 0 Å². The van der Waals surface area contributed by atoms with Crippen molar-refractivity contribution in [2.45, 2.75) is 31.9 Å². The molecule has 2 atom stereocenters. The zero-order chi connectivity index (χ0) is 11.3. The molecule has 0 bridgehead atoms. The van der Waals surface area contributed by atoms with Gasteiger partial charge in [-0.15, -0.1) is 0 Å². The summed E-state index contributed by atoms with van der Waals surface area (Å²) in [6, 6.07) is 4.07. The Labute approximate surface area is 99.2 Å². The predicted octanol–water partition coefficient (Wildman–Crippen LogP) is 2.14. The van der Waals surface area contributed by atoms with Crippen molar-refractivity contribution >= 4 is 15.9 Å². The lowest BCUT2D eigenvalue weighted by Gasteiger charge is -2.15. The second-order valence-corrected chi connectivity index (χ2v) is 4.63. The molecule has 1 heterocycles. The SMILES string of the molecule is COC(C)CC(N)Cc1ccc(Br)cn1. The van der Waals surface area contributed by atoms with Crippen LogP contribution in [0.15, 0.2) is 22.8 Å². The van der Waals surface area contributed by atoms with Gasteiger partial charge >= 0.3 is 0 Å². The molecular weight excluding hydrogens is 256 g/mol. The summed E-state index contributed by atoms with van der Waals surface area (Å²) in [5.74, 6) is 0. The molecule has 0 radical (unpaired) electrons. The van der Waals surface area contributed by atoms with Gasteiger partial charge in [-0.05, 0) is 41.4 Å². The van der Waals surface area contributed by atoms with Gasteiger partial charge in [-0.2, -0.15) is 0 Å². The van der Waals surface area contributed by atoms with Gasteiger partial charge in [0.15, 0.2) is 0 Å². The lowest BCUT2D eigenvalue weighted by atomic mass is 10.1. The highest BCUT2D eigenvalue weighted by molar-refractivity contribution is 9.10. The molecule has 2 N–H and O–H groups in total. The molecular formula is C11H17BrN2O. The largest absolute Gasteiger partial charge is 0.382 e. The predicted molar refractivity (Wildman–Crippen MR) is 64.7 cm³/mol. The Morgan fingerprint density at radius 2 is 2.27 bits per heavy atom. The van der Waals surface area contributed by atoms with Crippen LogP contribution in [0.25, 0.3) is 0 Å². The van der Waals surface area contributed by atoms with Crippen LogP contribution < -0.4 is 5.73 Å². The number of halogens is 1. The van der Waals surface area contributed by atoms with Gasteiger partial charge < -0.3 is 10.5 Å². The molecule has 4 heteroatoms. The van der Waals surface area contributed by atoms with Gasteiger partial charge in [-0.3, -0.25) is 4.98 Å². The van der Waals surface area contributed by atoms with Crippen molar-refractivity contribution in [3.05, 3.63) is 28.5 Å². The summed E-state index contributed by atoms with van der Waals surface area (Å²) in [6.07, 6.45) is 3.65. The van der Waals surface area contributed by atoms with Gasteiger partial charge in [0.2, 0.25) is 0 Å². The monoisotopic (exact) mass is 272 g/mol. The van der Waals surface area contributed by atoms with E-state index in [-0.39, 0.29) is 12.1 Å². The van der Waals surface area contributed by atoms with Gasteiger partial charge in [0.1, 0.15) is 0 Å². The third kappa shape index (κ3) is 4.73. The Hall–Kier alpha value is -0.450. The van der Waals surface area contributed by atoms with Crippen LogP contribution in [0.4, 0.5) is 0 Å². The van der Waals surface area contributed by atoms with Crippen molar-refractivity contribution in [2.75, 3.05) is 7.11 Å². The molecule has 0 aliphatic heterocycles. The Balaban J connectivity index is 2.44. The Morgan fingerprint density at radius 3 is 2.80 bits per heavy atom. The summed E-state index contributed by atoms with van der Waals surface area (Å²) in [5.41, 5.74) is 7.01. The summed E-state index contributed by atoms with van der Waals surface area (Å²) < 4.78 is 6.16. The molecule has 3 nitrogen and oxygen atoms in total. The lowest BCUT2D eigenvalue weighted by molar-refractivity contribution is 0.104. The van der Waals surface area contributed by atoms with Crippen LogP contribution >= 0.6 is 15.9 Å². The van der Waals surface area contributed by atoms with E-state index in [2.05, 4.69) is 20.9 Å². The molecule has 84 valence electrons. The normalized spacial score (nSPS) is 14.9. The van der Waals surface area contributed by atoms with Crippen LogP contribution in [-0.4, -0.2) is 24.2 Å². The van der Waals surface area contributed by atoms with Crippen molar-refractivity contribution < 1.29 is 4.74 Å². The number of hydrogen-bond acceptors (Lipinski definition) is 3. The van der Waals surface area contributed by atoms with Crippen molar-refractivity contribution in [2.24, 2.45) is 5.73 Å². The molecule has 1 aromatic rings. The second kappa shape index (κ2) is 6.20. The standard InChI is InChI=1S/C11H17BrN2O/c1-8(15-2)5-10(13)6-11-4-3-9(12)7-14-11/h3-4,7-8,10H,5-6,13H2,1-2H3. The number of aromatic nitrogens is 1. The molecule has 0 saturated carbocycles. The number of nitrogens with two attached hydrogens (primary N) is 1. The zero-order valence-electron chi connectivity index (χ0n) is 9.11. The quantitative estimate of drug-likeness (QED) is 0.894. The van der Waals surface area contributed by atoms with Crippen molar-refractivity contribution in [3.63, 3.8) is 0 Å². The number of rotatable bonds is 5. The van der Waals surface area contributed by atoms with E-state index < -0.39 is 0 Å². The lowest BCUT2D eigenvalue weighted by Crippen LogP contribution is -2.28. The summed E-state index contributed by atoms with van der Waals surface area (Å²) >= 11 is 3.35. The third-order valence-corrected chi connectivity index (χ3v) is 2.77. The Kier molecular flexibility index (Phi) is 5.22. The van der Waals surface area contributed by atoms with E-state index in [1.54, 1.807) is 13.3 Å². The maximum absolute atomic E-state index is 5.99. The smallest absolute Gasteiger partial charge is 0.0558 e. The van der Waals surface area contributed by atoms with Crippen molar-refractivity contribution in [1.29, 1.82) is 0 Å². The summed E-state index contributed by atoms with van der Waals surface area (Å²) in [7, 11) is 1.70. The molecule has 0 aliphatic rings. The van der Waals surface area contributed by atoms with Crippen LogP contribution in [0.2, 0.25) is 0 Å². The Morgan fingerprint density at radius 1 is 1.53 bits per heavy atom. The molecule has 0 aliphatic carbocycles. The Bertz CT molecular complexity index is 289. The fourth-order valence-electron chi connectivity index (χ4n) is 1.40. The highest BCUT2D eigenvalue weighted by Gasteiger charge is 2.09. The zero-order valence-corrected chi connectivity index (χ0v) is 10.7. The molecule has 0 amide bonds. The molecule has 15 heavy (non-hydrogen) atoms. The number of hydrogen-bond donors (Lipinski definition) is 1. The number of pyridine rings is 1. The van der Waals surface area contributed by atoms with Crippen LogP contribution in [0, 0.1) is 0 Å². The van der Waals surface area contributed by atoms with Crippen LogP contribution in [-0.2, 0) is 11.2 Å². The van der Waals surface area contributed by atoms with Crippen LogP contribution in [0.1, 0.15) is 19.0 Å². The van der Waals surface area contributed by atoms with E-state index >= 15 is 0 Å². The first-order chi connectivity index (χ1) is 7.11. The summed E-state index contributed by atoms with van der Waals surface area (Å²) in [4.78, 5) is 4.28. The minimum atomic E-state index is 0.105. The first-order valence-electron chi connectivity index (χ1n) is 5.00. The fourth-order valence-corrected chi connectivity index (χ4v) is 1.64. The minimum Gasteiger partial charge on any atom is -0.382 e. The van der Waals surface area contributed by atoms with E-state index in [4.69, 9.17) is 10.5 Å². The molecule has 2 unspecified atom stereocenters. The molecule has 1 aromatic heterocycles. The molecule has 0 spiro atoms. The highest BCUT2D eigenvalue weighted by atomic mass is 79.9. The van der Waals surface area contributed by atoms with Gasteiger partial charge in [0, 0.05) is 35.9 Å². The van der Waals surface area contributed by atoms with E-state index in [0.29, 0.717) is 0 Å². The van der Waals surface area contributed by atoms with E-state index in [0.717, 1.165) is 23.0 Å². The number of methoxy groups -OCH3 is 1. The third-order valence-electron chi connectivity index (χ3n) is 2.30. The molecule has 1 rings (SSSR count). The van der Waals surface area contributed by atoms with Crippen molar-refractivity contribution in [1.82, 2.24) is 4.98 Å². The van der Waals surface area contributed by atoms with Gasteiger partial charge in [-0.25, -0.2) is 0 Å². The average Bonchev–Trinajstić information content (AvgIpc) is 2.21. The van der Waals surface area contributed by atoms with Gasteiger partial charge in [0.25, 0.3) is 0 Å². The summed E-state index contributed by atoms with van der Waals surface area (Å²) in [5, 5.41) is 0. The topological polar surface area (TPSA) is 48.1 Å². The average molecular weight is 273 g/mol. The second-order valence-electron chi connectivity index (χ2n) is 3.71. The maximum Gasteiger partial charge on any atom is 0.0558 e. The van der Waals surface area contributed by atoms with Crippen LogP contribution in [0.5, 0.6) is 0 Å². The fraction of sp³-hybridized carbons (Fsp3) is 0.545.